The van der Waals surface area contributed by atoms with E-state index in [1.807, 2.05) is 4.90 Å². The Hall–Kier alpha value is -0.640. The molecule has 0 aromatic rings. The zero-order chi connectivity index (χ0) is 11.8. The van der Waals surface area contributed by atoms with E-state index < -0.39 is 5.41 Å². The number of amides is 1. The Kier molecular flexibility index (Phi) is 3.19. The summed E-state index contributed by atoms with van der Waals surface area (Å²) in [5.74, 6) is 0.189. The lowest BCUT2D eigenvalue weighted by atomic mass is 10.0. The standard InChI is InChI=1S/C12H20N2OS/c1-9-5-3-2-4-8-14(9)11(15)12(6-7-12)10(13)16/h9H,2-8H2,1H3,(H2,13,16). The van der Waals surface area contributed by atoms with Crippen LogP contribution >= 0.6 is 12.2 Å². The van der Waals surface area contributed by atoms with Crippen molar-refractivity contribution in [1.29, 1.82) is 0 Å². The molecule has 0 aromatic heterocycles. The van der Waals surface area contributed by atoms with Crippen molar-refractivity contribution in [2.45, 2.75) is 51.5 Å². The fourth-order valence-electron chi connectivity index (χ4n) is 2.54. The van der Waals surface area contributed by atoms with Gasteiger partial charge in [0.15, 0.2) is 0 Å². The van der Waals surface area contributed by atoms with E-state index in [9.17, 15) is 4.79 Å². The molecule has 1 aliphatic carbocycles. The van der Waals surface area contributed by atoms with Gasteiger partial charge in [0.1, 0.15) is 0 Å². The van der Waals surface area contributed by atoms with Gasteiger partial charge in [-0.05, 0) is 32.6 Å². The molecule has 1 aliphatic heterocycles. The molecule has 0 spiro atoms. The van der Waals surface area contributed by atoms with E-state index in [4.69, 9.17) is 18.0 Å². The molecule has 1 amide bonds. The minimum Gasteiger partial charge on any atom is -0.392 e. The molecule has 2 fully saturated rings. The van der Waals surface area contributed by atoms with E-state index in [0.29, 0.717) is 11.0 Å². The van der Waals surface area contributed by atoms with Crippen molar-refractivity contribution in [2.24, 2.45) is 11.1 Å². The average Bonchev–Trinajstić information content (AvgIpc) is 3.01. The molecular weight excluding hydrogens is 220 g/mol. The molecule has 1 heterocycles. The first-order valence-electron chi connectivity index (χ1n) is 6.19. The molecule has 1 atom stereocenters. The van der Waals surface area contributed by atoms with Crippen molar-refractivity contribution < 1.29 is 4.79 Å². The summed E-state index contributed by atoms with van der Waals surface area (Å²) in [5, 5.41) is 0. The highest BCUT2D eigenvalue weighted by Crippen LogP contribution is 2.48. The molecule has 4 heteroatoms. The molecule has 1 saturated carbocycles. The Morgan fingerprint density at radius 3 is 2.62 bits per heavy atom. The number of nitrogens with two attached hydrogens (primary N) is 1. The van der Waals surface area contributed by atoms with E-state index in [2.05, 4.69) is 6.92 Å². The van der Waals surface area contributed by atoms with Crippen LogP contribution in [0.3, 0.4) is 0 Å². The third-order valence-electron chi connectivity index (χ3n) is 3.94. The van der Waals surface area contributed by atoms with Gasteiger partial charge in [0.25, 0.3) is 0 Å². The Morgan fingerprint density at radius 2 is 2.06 bits per heavy atom. The van der Waals surface area contributed by atoms with E-state index in [1.54, 1.807) is 0 Å². The normalized spacial score (nSPS) is 28.3. The van der Waals surface area contributed by atoms with Crippen LogP contribution in [0.25, 0.3) is 0 Å². The second-order valence-electron chi connectivity index (χ2n) is 5.14. The van der Waals surface area contributed by atoms with Crippen LogP contribution in [0.15, 0.2) is 0 Å². The quantitative estimate of drug-likeness (QED) is 0.749. The third kappa shape index (κ3) is 1.95. The van der Waals surface area contributed by atoms with Crippen molar-refractivity contribution in [1.82, 2.24) is 4.90 Å². The van der Waals surface area contributed by atoms with Crippen LogP contribution in [0.4, 0.5) is 0 Å². The van der Waals surface area contributed by atoms with Gasteiger partial charge in [0.05, 0.1) is 10.4 Å². The highest BCUT2D eigenvalue weighted by molar-refractivity contribution is 7.80. The summed E-state index contributed by atoms with van der Waals surface area (Å²) in [7, 11) is 0. The number of carbonyl (C=O) groups excluding carboxylic acids is 1. The van der Waals surface area contributed by atoms with Gasteiger partial charge in [0.2, 0.25) is 5.91 Å². The summed E-state index contributed by atoms with van der Waals surface area (Å²) >= 11 is 5.04. The van der Waals surface area contributed by atoms with Crippen LogP contribution in [-0.2, 0) is 4.79 Å². The van der Waals surface area contributed by atoms with Crippen molar-refractivity contribution >= 4 is 23.1 Å². The first kappa shape index (κ1) is 11.8. The number of rotatable bonds is 2. The van der Waals surface area contributed by atoms with E-state index in [-0.39, 0.29) is 5.91 Å². The average molecular weight is 240 g/mol. The monoisotopic (exact) mass is 240 g/mol. The molecule has 1 unspecified atom stereocenters. The van der Waals surface area contributed by atoms with Gasteiger partial charge in [-0.15, -0.1) is 0 Å². The SMILES string of the molecule is CC1CCCCCN1C(=O)C1(C(N)=S)CC1. The zero-order valence-corrected chi connectivity index (χ0v) is 10.7. The minimum absolute atomic E-state index is 0.189. The summed E-state index contributed by atoms with van der Waals surface area (Å²) in [6.07, 6.45) is 6.39. The van der Waals surface area contributed by atoms with Crippen LogP contribution in [0.1, 0.15) is 45.4 Å². The fraction of sp³-hybridized carbons (Fsp3) is 0.833. The molecule has 1 saturated heterocycles. The van der Waals surface area contributed by atoms with Crippen molar-refractivity contribution in [3.8, 4) is 0 Å². The predicted octanol–water partition coefficient (Wildman–Crippen LogP) is 1.84. The molecule has 90 valence electrons. The minimum atomic E-state index is -0.464. The topological polar surface area (TPSA) is 46.3 Å². The smallest absolute Gasteiger partial charge is 0.235 e. The first-order chi connectivity index (χ1) is 7.58. The number of hydrogen-bond donors (Lipinski definition) is 1. The lowest BCUT2D eigenvalue weighted by Crippen LogP contribution is -2.46. The first-order valence-corrected chi connectivity index (χ1v) is 6.60. The largest absolute Gasteiger partial charge is 0.392 e. The van der Waals surface area contributed by atoms with Crippen molar-refractivity contribution in [3.63, 3.8) is 0 Å². The number of carbonyl (C=O) groups is 1. The van der Waals surface area contributed by atoms with Gasteiger partial charge in [-0.3, -0.25) is 4.79 Å². The Balaban J connectivity index is 2.11. The molecule has 2 rings (SSSR count). The Morgan fingerprint density at radius 1 is 1.38 bits per heavy atom. The molecule has 0 radical (unpaired) electrons. The van der Waals surface area contributed by atoms with Gasteiger partial charge in [0, 0.05) is 12.6 Å². The summed E-state index contributed by atoms with van der Waals surface area (Å²) in [4.78, 5) is 14.9. The van der Waals surface area contributed by atoms with E-state index in [0.717, 1.165) is 32.2 Å². The molecule has 2 N–H and O–H groups in total. The van der Waals surface area contributed by atoms with Gasteiger partial charge < -0.3 is 10.6 Å². The van der Waals surface area contributed by atoms with Crippen LogP contribution in [0, 0.1) is 5.41 Å². The van der Waals surface area contributed by atoms with Crippen molar-refractivity contribution in [3.05, 3.63) is 0 Å². The highest BCUT2D eigenvalue weighted by atomic mass is 32.1. The lowest BCUT2D eigenvalue weighted by molar-refractivity contribution is -0.136. The second kappa shape index (κ2) is 4.32. The number of thiocarbonyl (C=S) groups is 1. The molecular formula is C12H20N2OS. The van der Waals surface area contributed by atoms with Crippen LogP contribution in [0.2, 0.25) is 0 Å². The maximum Gasteiger partial charge on any atom is 0.235 e. The van der Waals surface area contributed by atoms with Gasteiger partial charge >= 0.3 is 0 Å². The maximum atomic E-state index is 12.4. The number of nitrogens with zero attached hydrogens (tertiary/aromatic N) is 1. The summed E-state index contributed by atoms with van der Waals surface area (Å²) < 4.78 is 0. The molecule has 16 heavy (non-hydrogen) atoms. The summed E-state index contributed by atoms with van der Waals surface area (Å²) in [6, 6.07) is 0.349. The van der Waals surface area contributed by atoms with E-state index in [1.165, 1.54) is 12.8 Å². The molecule has 2 aliphatic rings. The Bertz CT molecular complexity index is 312. The van der Waals surface area contributed by atoms with Gasteiger partial charge in [-0.1, -0.05) is 25.1 Å². The molecule has 0 bridgehead atoms. The summed E-state index contributed by atoms with van der Waals surface area (Å²) in [6.45, 7) is 3.02. The van der Waals surface area contributed by atoms with Crippen molar-refractivity contribution in [2.75, 3.05) is 6.54 Å². The van der Waals surface area contributed by atoms with Crippen LogP contribution in [0.5, 0.6) is 0 Å². The summed E-state index contributed by atoms with van der Waals surface area (Å²) in [5.41, 5.74) is 5.24. The maximum absolute atomic E-state index is 12.4. The lowest BCUT2D eigenvalue weighted by Gasteiger charge is -2.30. The van der Waals surface area contributed by atoms with Gasteiger partial charge in [-0.25, -0.2) is 0 Å². The van der Waals surface area contributed by atoms with E-state index >= 15 is 0 Å². The predicted molar refractivity (Wildman–Crippen MR) is 68.1 cm³/mol. The van der Waals surface area contributed by atoms with Gasteiger partial charge in [-0.2, -0.15) is 0 Å². The number of hydrogen-bond acceptors (Lipinski definition) is 2. The van der Waals surface area contributed by atoms with Crippen LogP contribution in [-0.4, -0.2) is 28.4 Å². The number of likely N-dealkylation sites (tertiary alicyclic amines) is 1. The molecule has 0 aromatic carbocycles. The molecule has 3 nitrogen and oxygen atoms in total. The highest BCUT2D eigenvalue weighted by Gasteiger charge is 2.54. The zero-order valence-electron chi connectivity index (χ0n) is 9.87. The fourth-order valence-corrected chi connectivity index (χ4v) is 2.83. The third-order valence-corrected chi connectivity index (χ3v) is 4.34. The second-order valence-corrected chi connectivity index (χ2v) is 5.58. The van der Waals surface area contributed by atoms with Crippen LogP contribution < -0.4 is 5.73 Å². The Labute approximate surface area is 102 Å².